The van der Waals surface area contributed by atoms with Crippen LogP contribution in [0.5, 0.6) is 0 Å². The number of nitrogens with zero attached hydrogens (tertiary/aromatic N) is 1. The molecule has 26 heavy (non-hydrogen) atoms. The van der Waals surface area contributed by atoms with Crippen LogP contribution in [-0.4, -0.2) is 47.7 Å². The molecule has 0 saturated carbocycles. The molecule has 0 amide bonds. The average Bonchev–Trinajstić information content (AvgIpc) is 2.68. The van der Waals surface area contributed by atoms with Gasteiger partial charge in [0.2, 0.25) is 0 Å². The van der Waals surface area contributed by atoms with Crippen molar-refractivity contribution in [2.45, 2.75) is 42.7 Å². The number of nitrogens with one attached hydrogen (secondary N) is 2. The van der Waals surface area contributed by atoms with Gasteiger partial charge in [0.25, 0.3) is 5.56 Å². The highest BCUT2D eigenvalue weighted by molar-refractivity contribution is 7.99. The number of thioether (sulfide) groups is 1. The molecule has 2 fully saturated rings. The van der Waals surface area contributed by atoms with Gasteiger partial charge < -0.3 is 19.8 Å². The number of fused-ring (bicyclic) bond motifs is 1. The van der Waals surface area contributed by atoms with Gasteiger partial charge in [-0.05, 0) is 43.9 Å². The highest BCUT2D eigenvalue weighted by Gasteiger charge is 2.16. The smallest absolute Gasteiger partial charge is 0.258 e. The molecule has 1 aromatic carbocycles. The second kappa shape index (κ2) is 8.41. The summed E-state index contributed by atoms with van der Waals surface area (Å²) in [4.78, 5) is 20.0. The number of ether oxygens (including phenoxy) is 2. The molecule has 6 nitrogen and oxygen atoms in total. The van der Waals surface area contributed by atoms with Crippen LogP contribution < -0.4 is 10.9 Å². The lowest BCUT2D eigenvalue weighted by atomic mass is 10.1. The lowest BCUT2D eigenvalue weighted by Crippen LogP contribution is -2.29. The number of benzene rings is 1. The second-order valence-electron chi connectivity index (χ2n) is 6.93. The third-order valence-corrected chi connectivity index (χ3v) is 6.29. The Balaban J connectivity index is 1.48. The van der Waals surface area contributed by atoms with Crippen LogP contribution in [0, 0.1) is 0 Å². The SMILES string of the molecule is O=c1[nH]c(CSC2CCOCC2)nc2cc(N[C@H]3CCCOC3)ccc12. The van der Waals surface area contributed by atoms with Crippen LogP contribution in [0.4, 0.5) is 5.69 Å². The van der Waals surface area contributed by atoms with Gasteiger partial charge >= 0.3 is 0 Å². The standard InChI is InChI=1S/C19H25N3O3S/c23-19-16-4-3-13(20-14-2-1-7-25-11-14)10-17(16)21-18(22-19)12-26-15-5-8-24-9-6-15/h3-4,10,14-15,20H,1-2,5-9,11-12H2,(H,21,22,23)/t14-/m0/s1. The fraction of sp³-hybridized carbons (Fsp3) is 0.579. The summed E-state index contributed by atoms with van der Waals surface area (Å²) in [6.07, 6.45) is 4.32. The number of anilines is 1. The van der Waals surface area contributed by atoms with Crippen molar-refractivity contribution in [3.63, 3.8) is 0 Å². The molecule has 2 N–H and O–H groups in total. The fourth-order valence-corrected chi connectivity index (χ4v) is 4.53. The molecule has 2 aliphatic heterocycles. The van der Waals surface area contributed by atoms with E-state index in [1.165, 1.54) is 0 Å². The van der Waals surface area contributed by atoms with Gasteiger partial charge in [-0.3, -0.25) is 4.79 Å². The zero-order chi connectivity index (χ0) is 17.8. The van der Waals surface area contributed by atoms with Crippen LogP contribution in [-0.2, 0) is 15.2 Å². The molecular formula is C19H25N3O3S. The lowest BCUT2D eigenvalue weighted by Gasteiger charge is -2.24. The molecule has 0 radical (unpaired) electrons. The molecule has 2 saturated heterocycles. The topological polar surface area (TPSA) is 76.2 Å². The number of aromatic nitrogens is 2. The molecule has 140 valence electrons. The summed E-state index contributed by atoms with van der Waals surface area (Å²) in [6, 6.07) is 6.10. The van der Waals surface area contributed by atoms with Crippen molar-refractivity contribution in [2.24, 2.45) is 0 Å². The summed E-state index contributed by atoms with van der Waals surface area (Å²) in [5, 5.41) is 4.72. The number of rotatable bonds is 5. The molecular weight excluding hydrogens is 350 g/mol. The highest BCUT2D eigenvalue weighted by Crippen LogP contribution is 2.25. The van der Waals surface area contributed by atoms with Crippen molar-refractivity contribution in [1.82, 2.24) is 9.97 Å². The van der Waals surface area contributed by atoms with E-state index in [2.05, 4.69) is 10.3 Å². The van der Waals surface area contributed by atoms with Crippen LogP contribution in [0.2, 0.25) is 0 Å². The number of H-pyrrole nitrogens is 1. The Morgan fingerprint density at radius 3 is 2.88 bits per heavy atom. The van der Waals surface area contributed by atoms with E-state index in [1.54, 1.807) is 0 Å². The Labute approximate surface area is 157 Å². The largest absolute Gasteiger partial charge is 0.381 e. The summed E-state index contributed by atoms with van der Waals surface area (Å²) >= 11 is 1.86. The van der Waals surface area contributed by atoms with Gasteiger partial charge in [-0.15, -0.1) is 0 Å². The van der Waals surface area contributed by atoms with Crippen LogP contribution in [0.1, 0.15) is 31.5 Å². The van der Waals surface area contributed by atoms with E-state index in [1.807, 2.05) is 30.0 Å². The Hall–Kier alpha value is -1.57. The Morgan fingerprint density at radius 2 is 2.08 bits per heavy atom. The normalized spacial score (nSPS) is 21.8. The quantitative estimate of drug-likeness (QED) is 0.837. The van der Waals surface area contributed by atoms with Crippen molar-refractivity contribution >= 4 is 28.4 Å². The van der Waals surface area contributed by atoms with Crippen LogP contribution in [0.15, 0.2) is 23.0 Å². The zero-order valence-electron chi connectivity index (χ0n) is 14.8. The van der Waals surface area contributed by atoms with Gasteiger partial charge in [-0.25, -0.2) is 4.98 Å². The van der Waals surface area contributed by atoms with Crippen LogP contribution in [0.25, 0.3) is 10.9 Å². The fourth-order valence-electron chi connectivity index (χ4n) is 3.48. The first-order chi connectivity index (χ1) is 12.8. The monoisotopic (exact) mass is 375 g/mol. The molecule has 1 aromatic heterocycles. The first-order valence-electron chi connectivity index (χ1n) is 9.34. The summed E-state index contributed by atoms with van der Waals surface area (Å²) in [6.45, 7) is 3.24. The zero-order valence-corrected chi connectivity index (χ0v) is 15.6. The predicted molar refractivity (Wildman–Crippen MR) is 105 cm³/mol. The minimum Gasteiger partial charge on any atom is -0.381 e. The van der Waals surface area contributed by atoms with Gasteiger partial charge in [0.1, 0.15) is 5.82 Å². The first-order valence-corrected chi connectivity index (χ1v) is 10.4. The van der Waals surface area contributed by atoms with Crippen molar-refractivity contribution in [3.8, 4) is 0 Å². The van der Waals surface area contributed by atoms with Crippen molar-refractivity contribution in [2.75, 3.05) is 31.7 Å². The number of aromatic amines is 1. The van der Waals surface area contributed by atoms with E-state index >= 15 is 0 Å². The number of hydrogen-bond acceptors (Lipinski definition) is 6. The molecule has 1 atom stereocenters. The maximum Gasteiger partial charge on any atom is 0.258 e. The summed E-state index contributed by atoms with van der Waals surface area (Å²) < 4.78 is 10.9. The van der Waals surface area contributed by atoms with Gasteiger partial charge in [-0.1, -0.05) is 0 Å². The molecule has 4 rings (SSSR count). The third-order valence-electron chi connectivity index (χ3n) is 4.91. The molecule has 3 heterocycles. The Kier molecular flexibility index (Phi) is 5.77. The minimum absolute atomic E-state index is 0.0647. The van der Waals surface area contributed by atoms with E-state index in [9.17, 15) is 4.79 Å². The van der Waals surface area contributed by atoms with E-state index in [4.69, 9.17) is 14.5 Å². The van der Waals surface area contributed by atoms with Crippen LogP contribution in [0.3, 0.4) is 0 Å². The van der Waals surface area contributed by atoms with Gasteiger partial charge in [0, 0.05) is 36.8 Å². The number of hydrogen-bond donors (Lipinski definition) is 2. The first kappa shape index (κ1) is 17.8. The maximum absolute atomic E-state index is 12.4. The Morgan fingerprint density at radius 1 is 1.19 bits per heavy atom. The van der Waals surface area contributed by atoms with E-state index in [0.717, 1.165) is 74.9 Å². The van der Waals surface area contributed by atoms with E-state index in [-0.39, 0.29) is 5.56 Å². The summed E-state index contributed by atoms with van der Waals surface area (Å²) in [5.74, 6) is 1.47. The molecule has 0 spiro atoms. The minimum atomic E-state index is -0.0647. The third kappa shape index (κ3) is 4.39. The average molecular weight is 375 g/mol. The van der Waals surface area contributed by atoms with Crippen molar-refractivity contribution in [3.05, 3.63) is 34.4 Å². The second-order valence-corrected chi connectivity index (χ2v) is 8.21. The van der Waals surface area contributed by atoms with Gasteiger partial charge in [0.05, 0.1) is 23.3 Å². The molecule has 2 aromatic rings. The highest BCUT2D eigenvalue weighted by atomic mass is 32.2. The predicted octanol–water partition coefficient (Wildman–Crippen LogP) is 2.93. The molecule has 2 aliphatic rings. The van der Waals surface area contributed by atoms with Crippen LogP contribution >= 0.6 is 11.8 Å². The lowest BCUT2D eigenvalue weighted by molar-refractivity contribution is 0.0876. The van der Waals surface area contributed by atoms with Gasteiger partial charge in [-0.2, -0.15) is 11.8 Å². The van der Waals surface area contributed by atoms with E-state index < -0.39 is 0 Å². The van der Waals surface area contributed by atoms with Crippen molar-refractivity contribution in [1.29, 1.82) is 0 Å². The molecule has 0 bridgehead atoms. The molecule has 7 heteroatoms. The molecule has 0 unspecified atom stereocenters. The van der Waals surface area contributed by atoms with Crippen molar-refractivity contribution < 1.29 is 9.47 Å². The maximum atomic E-state index is 12.4. The summed E-state index contributed by atoms with van der Waals surface area (Å²) in [5.41, 5.74) is 1.68. The Bertz CT molecular complexity index is 798. The van der Waals surface area contributed by atoms with Gasteiger partial charge in [0.15, 0.2) is 0 Å². The van der Waals surface area contributed by atoms with E-state index in [0.29, 0.717) is 16.7 Å². The molecule has 0 aliphatic carbocycles. The summed E-state index contributed by atoms with van der Waals surface area (Å²) in [7, 11) is 0.